The fraction of sp³-hybridized carbons (Fsp3) is 0.875. The molecule has 0 aromatic rings. The highest BCUT2D eigenvalue weighted by Crippen LogP contribution is 2.08. The molecule has 0 saturated heterocycles. The first-order valence-corrected chi connectivity index (χ1v) is 7.50. The van der Waals surface area contributed by atoms with E-state index in [0.717, 1.165) is 19.3 Å². The Labute approximate surface area is 114 Å². The zero-order valence-electron chi connectivity index (χ0n) is 12.9. The second-order valence-electron chi connectivity index (χ2n) is 5.09. The van der Waals surface area contributed by atoms with Gasteiger partial charge in [-0.15, -0.1) is 0 Å². The van der Waals surface area contributed by atoms with Crippen molar-refractivity contribution in [2.45, 2.75) is 91.3 Å². The third-order valence-corrected chi connectivity index (χ3v) is 2.87. The van der Waals surface area contributed by atoms with Gasteiger partial charge >= 0.3 is 0 Å². The van der Waals surface area contributed by atoms with Gasteiger partial charge in [0.15, 0.2) is 0 Å². The largest absolute Gasteiger partial charge is 0.393 e. The molecule has 0 bridgehead atoms. The van der Waals surface area contributed by atoms with Crippen LogP contribution in [-0.4, -0.2) is 22.4 Å². The van der Waals surface area contributed by atoms with Gasteiger partial charge in [0, 0.05) is 0 Å². The zero-order chi connectivity index (χ0) is 14.4. The minimum Gasteiger partial charge on any atom is -0.393 e. The summed E-state index contributed by atoms with van der Waals surface area (Å²) in [6, 6.07) is 0. The van der Waals surface area contributed by atoms with Gasteiger partial charge in [0.2, 0.25) is 0 Å². The summed E-state index contributed by atoms with van der Waals surface area (Å²) in [5.41, 5.74) is 1.41. The van der Waals surface area contributed by atoms with E-state index in [0.29, 0.717) is 6.42 Å². The smallest absolute Gasteiger partial charge is 0.0564 e. The monoisotopic (exact) mass is 258 g/mol. The summed E-state index contributed by atoms with van der Waals surface area (Å²) >= 11 is 0. The van der Waals surface area contributed by atoms with Gasteiger partial charge in [-0.1, -0.05) is 52.2 Å². The lowest BCUT2D eigenvalue weighted by molar-refractivity contribution is 0.0848. The minimum absolute atomic E-state index is 0.310. The Kier molecular flexibility index (Phi) is 16.3. The van der Waals surface area contributed by atoms with E-state index in [9.17, 15) is 0 Å². The maximum atomic E-state index is 9.06. The maximum absolute atomic E-state index is 9.06. The Morgan fingerprint density at radius 3 is 2.06 bits per heavy atom. The van der Waals surface area contributed by atoms with Crippen molar-refractivity contribution in [3.05, 3.63) is 12.2 Å². The van der Waals surface area contributed by atoms with Gasteiger partial charge in [-0.3, -0.25) is 0 Å². The van der Waals surface area contributed by atoms with Crippen LogP contribution in [0.2, 0.25) is 0 Å². The van der Waals surface area contributed by atoms with Crippen molar-refractivity contribution in [2.24, 2.45) is 0 Å². The third kappa shape index (κ3) is 18.0. The molecule has 0 amide bonds. The van der Waals surface area contributed by atoms with Gasteiger partial charge in [-0.2, -0.15) is 0 Å². The molecule has 0 aliphatic rings. The van der Waals surface area contributed by atoms with Crippen LogP contribution in [0.4, 0.5) is 0 Å². The zero-order valence-corrected chi connectivity index (χ0v) is 12.9. The summed E-state index contributed by atoms with van der Waals surface area (Å²) in [5, 5.41) is 17.8. The van der Waals surface area contributed by atoms with E-state index in [1.165, 1.54) is 31.3 Å². The van der Waals surface area contributed by atoms with E-state index in [4.69, 9.17) is 10.2 Å². The quantitative estimate of drug-likeness (QED) is 0.474. The molecule has 18 heavy (non-hydrogen) atoms. The second kappa shape index (κ2) is 14.7. The molecule has 2 nitrogen and oxygen atoms in total. The molecule has 0 saturated carbocycles. The van der Waals surface area contributed by atoms with Crippen LogP contribution in [0.5, 0.6) is 0 Å². The first-order valence-electron chi connectivity index (χ1n) is 7.50. The van der Waals surface area contributed by atoms with E-state index >= 15 is 0 Å². The Balaban J connectivity index is 0. The van der Waals surface area contributed by atoms with Crippen molar-refractivity contribution in [3.63, 3.8) is 0 Å². The van der Waals surface area contributed by atoms with E-state index in [-0.39, 0.29) is 12.2 Å². The van der Waals surface area contributed by atoms with E-state index in [1.54, 1.807) is 6.92 Å². The third-order valence-electron chi connectivity index (χ3n) is 2.87. The van der Waals surface area contributed by atoms with Crippen molar-refractivity contribution in [3.8, 4) is 0 Å². The van der Waals surface area contributed by atoms with Gasteiger partial charge in [0.25, 0.3) is 0 Å². The highest BCUT2D eigenvalue weighted by molar-refractivity contribution is 4.91. The molecule has 2 unspecified atom stereocenters. The van der Waals surface area contributed by atoms with Gasteiger partial charge in [-0.05, 0) is 39.0 Å². The average molecular weight is 258 g/mol. The normalized spacial score (nSPS) is 13.4. The number of aliphatic hydroxyl groups is 2. The highest BCUT2D eigenvalue weighted by Gasteiger charge is 2.05. The van der Waals surface area contributed by atoms with Gasteiger partial charge in [-0.25, -0.2) is 0 Å². The molecule has 0 aliphatic carbocycles. The molecule has 0 radical (unpaired) electrons. The molecule has 0 rings (SSSR count). The molecule has 0 aromatic carbocycles. The van der Waals surface area contributed by atoms with Crippen LogP contribution < -0.4 is 0 Å². The van der Waals surface area contributed by atoms with Crippen LogP contribution in [0, 0.1) is 0 Å². The molecule has 0 heterocycles. The molecular weight excluding hydrogens is 224 g/mol. The lowest BCUT2D eigenvalue weighted by Crippen LogP contribution is -2.13. The van der Waals surface area contributed by atoms with Crippen LogP contribution in [0.15, 0.2) is 12.2 Å². The Morgan fingerprint density at radius 1 is 1.06 bits per heavy atom. The van der Waals surface area contributed by atoms with Gasteiger partial charge in [0.05, 0.1) is 12.2 Å². The number of aliphatic hydroxyl groups excluding tert-OH is 2. The van der Waals surface area contributed by atoms with Crippen molar-refractivity contribution >= 4 is 0 Å². The Morgan fingerprint density at radius 2 is 1.67 bits per heavy atom. The first kappa shape index (κ1) is 20.0. The SMILES string of the molecule is C=C(CC)CCCCC.CCCC(O)CC(C)O. The van der Waals surface area contributed by atoms with Crippen LogP contribution in [0.3, 0.4) is 0 Å². The molecular formula is C16H34O2. The summed E-state index contributed by atoms with van der Waals surface area (Å²) in [7, 11) is 0. The Bertz CT molecular complexity index is 176. The predicted molar refractivity (Wildman–Crippen MR) is 80.8 cm³/mol. The van der Waals surface area contributed by atoms with Crippen LogP contribution >= 0.6 is 0 Å². The fourth-order valence-electron chi connectivity index (χ4n) is 1.65. The lowest BCUT2D eigenvalue weighted by Gasteiger charge is -2.09. The standard InChI is InChI=1S/C9H18.C7H16O2/c1-4-6-7-8-9(3)5-2;1-3-4-7(9)5-6(2)8/h3-8H2,1-2H3;6-9H,3-5H2,1-2H3. The number of rotatable bonds is 9. The average Bonchev–Trinajstić information content (AvgIpc) is 2.29. The molecule has 2 N–H and O–H groups in total. The predicted octanol–water partition coefficient (Wildman–Crippen LogP) is 4.45. The van der Waals surface area contributed by atoms with Crippen LogP contribution in [0.1, 0.15) is 79.1 Å². The van der Waals surface area contributed by atoms with E-state index < -0.39 is 0 Å². The number of hydrogen-bond donors (Lipinski definition) is 2. The van der Waals surface area contributed by atoms with Crippen molar-refractivity contribution in [2.75, 3.05) is 0 Å². The number of allylic oxidation sites excluding steroid dienone is 1. The second-order valence-corrected chi connectivity index (χ2v) is 5.09. The molecule has 2 heteroatoms. The lowest BCUT2D eigenvalue weighted by atomic mass is 10.1. The minimum atomic E-state index is -0.369. The van der Waals surface area contributed by atoms with E-state index in [2.05, 4.69) is 20.4 Å². The number of hydrogen-bond acceptors (Lipinski definition) is 2. The van der Waals surface area contributed by atoms with Crippen molar-refractivity contribution in [1.29, 1.82) is 0 Å². The van der Waals surface area contributed by atoms with Gasteiger partial charge in [0.1, 0.15) is 0 Å². The fourth-order valence-corrected chi connectivity index (χ4v) is 1.65. The molecule has 0 spiro atoms. The summed E-state index contributed by atoms with van der Waals surface area (Å²) in [6.45, 7) is 12.1. The van der Waals surface area contributed by atoms with Crippen LogP contribution in [-0.2, 0) is 0 Å². The molecule has 0 aliphatic heterocycles. The molecule has 2 atom stereocenters. The van der Waals surface area contributed by atoms with Crippen molar-refractivity contribution in [1.82, 2.24) is 0 Å². The van der Waals surface area contributed by atoms with Crippen molar-refractivity contribution < 1.29 is 10.2 Å². The molecule has 0 aromatic heterocycles. The van der Waals surface area contributed by atoms with E-state index in [1.807, 2.05) is 6.92 Å². The summed E-state index contributed by atoms with van der Waals surface area (Å²) in [6.07, 6.45) is 8.02. The summed E-state index contributed by atoms with van der Waals surface area (Å²) in [5.74, 6) is 0. The van der Waals surface area contributed by atoms with Gasteiger partial charge < -0.3 is 10.2 Å². The van der Waals surface area contributed by atoms with Crippen LogP contribution in [0.25, 0.3) is 0 Å². The first-order chi connectivity index (χ1) is 8.47. The Hall–Kier alpha value is -0.340. The number of unbranched alkanes of at least 4 members (excludes halogenated alkanes) is 2. The summed E-state index contributed by atoms with van der Waals surface area (Å²) < 4.78 is 0. The molecule has 110 valence electrons. The maximum Gasteiger partial charge on any atom is 0.0564 e. The highest BCUT2D eigenvalue weighted by atomic mass is 16.3. The topological polar surface area (TPSA) is 40.5 Å². The molecule has 0 fully saturated rings. The summed E-state index contributed by atoms with van der Waals surface area (Å²) in [4.78, 5) is 0.